The quantitative estimate of drug-likeness (QED) is 0.777. The molecule has 3 rings (SSSR count). The van der Waals surface area contributed by atoms with Crippen LogP contribution >= 0.6 is 15.9 Å². The van der Waals surface area contributed by atoms with Crippen LogP contribution in [0.25, 0.3) is 0 Å². The number of hydrogen-bond donors (Lipinski definition) is 1. The Morgan fingerprint density at radius 2 is 2.22 bits per heavy atom. The lowest BCUT2D eigenvalue weighted by molar-refractivity contribution is -0.0717. The molecule has 1 heterocycles. The molecule has 98 valence electrons. The fourth-order valence-corrected chi connectivity index (χ4v) is 3.75. The highest BCUT2D eigenvalue weighted by molar-refractivity contribution is 9.10. The Morgan fingerprint density at radius 3 is 3.00 bits per heavy atom. The van der Waals surface area contributed by atoms with E-state index in [1.54, 1.807) is 0 Å². The van der Waals surface area contributed by atoms with Crippen LogP contribution < -0.4 is 4.74 Å². The van der Waals surface area contributed by atoms with E-state index in [-0.39, 0.29) is 11.7 Å². The minimum absolute atomic E-state index is 0.147. The first-order chi connectivity index (χ1) is 8.61. The van der Waals surface area contributed by atoms with E-state index >= 15 is 0 Å². The van der Waals surface area contributed by atoms with Gasteiger partial charge in [-0.1, -0.05) is 35.3 Å². The largest absolute Gasteiger partial charge is 0.486 e. The molecule has 2 unspecified atom stereocenters. The second-order valence-electron chi connectivity index (χ2n) is 5.72. The molecular weight excluding hydrogens is 292 g/mol. The van der Waals surface area contributed by atoms with Crippen molar-refractivity contribution in [2.24, 2.45) is 5.92 Å². The molecule has 1 spiro atoms. The van der Waals surface area contributed by atoms with Crippen LogP contribution in [0.5, 0.6) is 5.75 Å². The number of aliphatic hydroxyl groups excluding tert-OH is 1. The standard InChI is InChI=1S/C15H19BrO2/c1-10-4-2-3-7-15(10)9-13(17)12-6-5-11(16)8-14(12)18-15/h5-6,8,10,13,17H,2-4,7,9H2,1H3/t10?,13-,15?/m0/s1. The maximum Gasteiger partial charge on any atom is 0.127 e. The second kappa shape index (κ2) is 4.53. The summed E-state index contributed by atoms with van der Waals surface area (Å²) in [7, 11) is 0. The van der Waals surface area contributed by atoms with Crippen molar-refractivity contribution in [3.8, 4) is 5.75 Å². The molecule has 0 saturated heterocycles. The van der Waals surface area contributed by atoms with Gasteiger partial charge >= 0.3 is 0 Å². The summed E-state index contributed by atoms with van der Waals surface area (Å²) in [6.45, 7) is 2.26. The number of hydrogen-bond acceptors (Lipinski definition) is 2. The van der Waals surface area contributed by atoms with Crippen molar-refractivity contribution in [3.05, 3.63) is 28.2 Å². The van der Waals surface area contributed by atoms with Gasteiger partial charge in [-0.25, -0.2) is 0 Å². The first kappa shape index (κ1) is 12.5. The van der Waals surface area contributed by atoms with Gasteiger partial charge in [0, 0.05) is 16.5 Å². The van der Waals surface area contributed by atoms with Gasteiger partial charge in [0.15, 0.2) is 0 Å². The van der Waals surface area contributed by atoms with Crippen molar-refractivity contribution in [2.45, 2.75) is 50.7 Å². The van der Waals surface area contributed by atoms with Crippen LogP contribution in [-0.2, 0) is 0 Å². The summed E-state index contributed by atoms with van der Waals surface area (Å²) >= 11 is 3.48. The molecule has 1 aromatic rings. The molecular formula is C15H19BrO2. The lowest BCUT2D eigenvalue weighted by Gasteiger charge is -2.47. The van der Waals surface area contributed by atoms with Gasteiger partial charge in [0.05, 0.1) is 6.10 Å². The average molecular weight is 311 g/mol. The third-order valence-corrected chi connectivity index (χ3v) is 5.07. The molecule has 0 radical (unpaired) electrons. The van der Waals surface area contributed by atoms with E-state index in [0.29, 0.717) is 5.92 Å². The highest BCUT2D eigenvalue weighted by Gasteiger charge is 2.45. The molecule has 1 aliphatic carbocycles. The highest BCUT2D eigenvalue weighted by Crippen LogP contribution is 2.48. The van der Waals surface area contributed by atoms with E-state index in [4.69, 9.17) is 4.74 Å². The monoisotopic (exact) mass is 310 g/mol. The highest BCUT2D eigenvalue weighted by atomic mass is 79.9. The minimum Gasteiger partial charge on any atom is -0.486 e. The fourth-order valence-electron chi connectivity index (χ4n) is 3.41. The van der Waals surface area contributed by atoms with Crippen LogP contribution in [0.3, 0.4) is 0 Å². The summed E-state index contributed by atoms with van der Waals surface area (Å²) in [6, 6.07) is 5.92. The number of ether oxygens (including phenoxy) is 1. The topological polar surface area (TPSA) is 29.5 Å². The summed E-state index contributed by atoms with van der Waals surface area (Å²) < 4.78 is 7.34. The molecule has 1 aromatic carbocycles. The van der Waals surface area contributed by atoms with Crippen LogP contribution in [-0.4, -0.2) is 10.7 Å². The zero-order chi connectivity index (χ0) is 12.8. The lowest BCUT2D eigenvalue weighted by Crippen LogP contribution is -2.48. The maximum atomic E-state index is 10.4. The summed E-state index contributed by atoms with van der Waals surface area (Å²) in [5, 5.41) is 10.4. The smallest absolute Gasteiger partial charge is 0.127 e. The zero-order valence-electron chi connectivity index (χ0n) is 10.7. The van der Waals surface area contributed by atoms with Crippen LogP contribution in [0, 0.1) is 5.92 Å². The van der Waals surface area contributed by atoms with Crippen molar-refractivity contribution < 1.29 is 9.84 Å². The van der Waals surface area contributed by atoms with Gasteiger partial charge in [-0.3, -0.25) is 0 Å². The molecule has 18 heavy (non-hydrogen) atoms. The Kier molecular flexibility index (Phi) is 3.15. The molecule has 1 N–H and O–H groups in total. The van der Waals surface area contributed by atoms with E-state index in [1.807, 2.05) is 18.2 Å². The molecule has 0 amide bonds. The van der Waals surface area contributed by atoms with Crippen molar-refractivity contribution >= 4 is 15.9 Å². The summed E-state index contributed by atoms with van der Waals surface area (Å²) in [5.74, 6) is 1.38. The number of benzene rings is 1. The number of halogens is 1. The summed E-state index contributed by atoms with van der Waals surface area (Å²) in [4.78, 5) is 0. The van der Waals surface area contributed by atoms with Gasteiger partial charge in [-0.2, -0.15) is 0 Å². The molecule has 0 bridgehead atoms. The van der Waals surface area contributed by atoms with Gasteiger partial charge in [-0.05, 0) is 37.3 Å². The molecule has 1 fully saturated rings. The van der Waals surface area contributed by atoms with E-state index in [2.05, 4.69) is 22.9 Å². The minimum atomic E-state index is -0.387. The van der Waals surface area contributed by atoms with Crippen molar-refractivity contribution in [2.75, 3.05) is 0 Å². The lowest BCUT2D eigenvalue weighted by atomic mass is 9.71. The molecule has 1 saturated carbocycles. The molecule has 2 nitrogen and oxygen atoms in total. The van der Waals surface area contributed by atoms with Crippen LogP contribution in [0.4, 0.5) is 0 Å². The number of fused-ring (bicyclic) bond motifs is 1. The van der Waals surface area contributed by atoms with E-state index < -0.39 is 0 Å². The average Bonchev–Trinajstić information content (AvgIpc) is 2.32. The Hall–Kier alpha value is -0.540. The second-order valence-corrected chi connectivity index (χ2v) is 6.63. The Bertz CT molecular complexity index is 460. The maximum absolute atomic E-state index is 10.4. The van der Waals surface area contributed by atoms with E-state index in [9.17, 15) is 5.11 Å². The third-order valence-electron chi connectivity index (χ3n) is 4.57. The van der Waals surface area contributed by atoms with Crippen LogP contribution in [0.15, 0.2) is 22.7 Å². The molecule has 0 aromatic heterocycles. The van der Waals surface area contributed by atoms with Crippen molar-refractivity contribution in [1.29, 1.82) is 0 Å². The van der Waals surface area contributed by atoms with E-state index in [0.717, 1.165) is 28.6 Å². The number of rotatable bonds is 0. The zero-order valence-corrected chi connectivity index (χ0v) is 12.2. The SMILES string of the molecule is CC1CCCCC12C[C@H](O)c1ccc(Br)cc1O2. The molecule has 2 aliphatic rings. The molecule has 1 aliphatic heterocycles. The van der Waals surface area contributed by atoms with Gasteiger partial charge < -0.3 is 9.84 Å². The van der Waals surface area contributed by atoms with E-state index in [1.165, 1.54) is 19.3 Å². The number of aliphatic hydroxyl groups is 1. The third kappa shape index (κ3) is 1.97. The Balaban J connectivity index is 1.99. The van der Waals surface area contributed by atoms with Crippen LogP contribution in [0.2, 0.25) is 0 Å². The van der Waals surface area contributed by atoms with Crippen molar-refractivity contribution in [1.82, 2.24) is 0 Å². The van der Waals surface area contributed by atoms with Gasteiger partial charge in [0.2, 0.25) is 0 Å². The van der Waals surface area contributed by atoms with Gasteiger partial charge in [-0.15, -0.1) is 0 Å². The van der Waals surface area contributed by atoms with Gasteiger partial charge in [0.25, 0.3) is 0 Å². The summed E-state index contributed by atoms with van der Waals surface area (Å²) in [6.07, 6.45) is 5.12. The predicted molar refractivity (Wildman–Crippen MR) is 74.7 cm³/mol. The van der Waals surface area contributed by atoms with Crippen LogP contribution in [0.1, 0.15) is 50.7 Å². The van der Waals surface area contributed by atoms with Gasteiger partial charge in [0.1, 0.15) is 11.4 Å². The first-order valence-corrected chi connectivity index (χ1v) is 7.56. The normalized spacial score (nSPS) is 35.1. The first-order valence-electron chi connectivity index (χ1n) is 6.77. The van der Waals surface area contributed by atoms with Crippen molar-refractivity contribution in [3.63, 3.8) is 0 Å². The fraction of sp³-hybridized carbons (Fsp3) is 0.600. The molecule has 3 heteroatoms. The predicted octanol–water partition coefficient (Wildman–Crippen LogP) is 4.21. The molecule has 3 atom stereocenters. The Morgan fingerprint density at radius 1 is 1.39 bits per heavy atom. The Labute approximate surface area is 116 Å². The summed E-state index contributed by atoms with van der Waals surface area (Å²) in [5.41, 5.74) is 0.785.